The molecule has 3 nitrogen and oxygen atoms in total. The normalized spacial score (nSPS) is 11.2. The van der Waals surface area contributed by atoms with Gasteiger partial charge >= 0.3 is 7.60 Å². The van der Waals surface area contributed by atoms with Gasteiger partial charge in [-0.1, -0.05) is 57.6 Å². The van der Waals surface area contributed by atoms with E-state index in [1.54, 1.807) is 0 Å². The van der Waals surface area contributed by atoms with E-state index in [-0.39, 0.29) is 22.7 Å². The van der Waals surface area contributed by atoms with E-state index in [1.165, 1.54) is 50.7 Å². The van der Waals surface area contributed by atoms with Crippen molar-refractivity contribution >= 4 is 12.9 Å². The van der Waals surface area contributed by atoms with Gasteiger partial charge in [0.15, 0.2) is 0 Å². The number of unbranched alkanes of at least 4 members (excludes halogenated alkanes) is 6. The minimum atomic E-state index is -4.09. The van der Waals surface area contributed by atoms with Crippen molar-refractivity contribution in [1.82, 2.24) is 0 Å². The molecule has 0 atom stereocenters. The molecule has 0 aliphatic carbocycles. The van der Waals surface area contributed by atoms with Crippen molar-refractivity contribution in [2.24, 2.45) is 0 Å². The topological polar surface area (TPSA) is 57.5 Å². The quantitative estimate of drug-likeness (QED) is 0.533. The molecule has 0 bridgehead atoms. The number of aryl methyl sites for hydroxylation is 1. The van der Waals surface area contributed by atoms with Crippen LogP contribution in [0.5, 0.6) is 0 Å². The molecule has 2 N–H and O–H groups in total. The van der Waals surface area contributed by atoms with Crippen molar-refractivity contribution in [2.45, 2.75) is 58.3 Å². The van der Waals surface area contributed by atoms with Crippen molar-refractivity contribution in [3.8, 4) is 0 Å². The van der Waals surface area contributed by atoms with Gasteiger partial charge in [-0.05, 0) is 30.5 Å². The molecule has 0 spiro atoms. The fourth-order valence-electron chi connectivity index (χ4n) is 2.14. The molecule has 0 aliphatic heterocycles. The van der Waals surface area contributed by atoms with E-state index in [1.807, 2.05) is 12.1 Å². The summed E-state index contributed by atoms with van der Waals surface area (Å²) in [5, 5.41) is 0.107. The molecular weight excluding hydrogens is 311 g/mol. The minimum absolute atomic E-state index is 0. The zero-order chi connectivity index (χ0) is 14.1. The second-order valence-electron chi connectivity index (χ2n) is 5.08. The van der Waals surface area contributed by atoms with Gasteiger partial charge in [-0.15, -0.1) is 0 Å². The molecule has 20 heavy (non-hydrogen) atoms. The van der Waals surface area contributed by atoms with E-state index < -0.39 is 7.60 Å². The number of hydrogen-bond acceptors (Lipinski definition) is 1. The largest absolute Gasteiger partial charge is 0.356 e. The van der Waals surface area contributed by atoms with Gasteiger partial charge in [0.25, 0.3) is 0 Å². The van der Waals surface area contributed by atoms with Gasteiger partial charge in [-0.25, -0.2) is 0 Å². The van der Waals surface area contributed by atoms with Crippen LogP contribution in [0.4, 0.5) is 0 Å². The Hall–Kier alpha value is -0.0975. The Morgan fingerprint density at radius 2 is 1.40 bits per heavy atom. The SMILES string of the molecule is CCCCCCCCCc1ccc(P(=O)(O)O)cc1.[Cr]. The second kappa shape index (κ2) is 10.6. The summed E-state index contributed by atoms with van der Waals surface area (Å²) in [5.41, 5.74) is 1.16. The smallest absolute Gasteiger partial charge is 0.321 e. The summed E-state index contributed by atoms with van der Waals surface area (Å²) in [6.45, 7) is 2.22. The maximum atomic E-state index is 11.0. The molecule has 0 saturated heterocycles. The standard InChI is InChI=1S/C15H25O3P.Cr/c1-2-3-4-5-6-7-8-9-14-10-12-15(13-11-14)19(16,17)18;/h10-13H,2-9H2,1H3,(H2,16,17,18);. The van der Waals surface area contributed by atoms with Gasteiger partial charge in [-0.2, -0.15) is 0 Å². The van der Waals surface area contributed by atoms with E-state index in [9.17, 15) is 4.57 Å². The second-order valence-corrected chi connectivity index (χ2v) is 6.69. The van der Waals surface area contributed by atoms with Gasteiger partial charge in [-0.3, -0.25) is 4.57 Å². The molecule has 0 heterocycles. The van der Waals surface area contributed by atoms with Gasteiger partial charge in [0, 0.05) is 17.4 Å². The van der Waals surface area contributed by atoms with Crippen molar-refractivity contribution in [3.63, 3.8) is 0 Å². The van der Waals surface area contributed by atoms with Gasteiger partial charge in [0.05, 0.1) is 5.30 Å². The van der Waals surface area contributed by atoms with Crippen molar-refractivity contribution in [3.05, 3.63) is 29.8 Å². The monoisotopic (exact) mass is 336 g/mol. The molecule has 0 fully saturated rings. The average molecular weight is 336 g/mol. The fraction of sp³-hybridized carbons (Fsp3) is 0.600. The Bertz CT molecular complexity index is 400. The predicted molar refractivity (Wildman–Crippen MR) is 79.8 cm³/mol. The van der Waals surface area contributed by atoms with Crippen LogP contribution in [0.3, 0.4) is 0 Å². The van der Waals surface area contributed by atoms with Crippen LogP contribution in [-0.4, -0.2) is 9.79 Å². The van der Waals surface area contributed by atoms with Crippen molar-refractivity contribution in [1.29, 1.82) is 0 Å². The Morgan fingerprint density at radius 1 is 0.900 bits per heavy atom. The number of benzene rings is 1. The van der Waals surface area contributed by atoms with Crippen molar-refractivity contribution < 1.29 is 31.7 Å². The summed E-state index contributed by atoms with van der Waals surface area (Å²) in [7, 11) is -4.09. The molecule has 0 amide bonds. The molecule has 114 valence electrons. The van der Waals surface area contributed by atoms with Crippen LogP contribution in [0.15, 0.2) is 24.3 Å². The Kier molecular flexibility index (Phi) is 10.6. The summed E-state index contributed by atoms with van der Waals surface area (Å²) in [5.74, 6) is 0. The molecule has 0 aromatic heterocycles. The molecule has 5 heteroatoms. The van der Waals surface area contributed by atoms with Crippen LogP contribution in [-0.2, 0) is 28.3 Å². The van der Waals surface area contributed by atoms with Gasteiger partial charge in [0.1, 0.15) is 0 Å². The molecule has 0 unspecified atom stereocenters. The molecule has 0 saturated carbocycles. The first-order valence-electron chi connectivity index (χ1n) is 7.19. The first-order valence-corrected chi connectivity index (χ1v) is 8.80. The average Bonchev–Trinajstić information content (AvgIpc) is 2.37. The Labute approximate surface area is 133 Å². The third-order valence-corrected chi connectivity index (χ3v) is 4.31. The number of hydrogen-bond donors (Lipinski definition) is 2. The zero-order valence-electron chi connectivity index (χ0n) is 12.1. The summed E-state index contributed by atoms with van der Waals surface area (Å²) >= 11 is 0. The summed E-state index contributed by atoms with van der Waals surface area (Å²) in [6.07, 6.45) is 9.97. The first-order chi connectivity index (χ1) is 9.04. The molecule has 1 aromatic carbocycles. The fourth-order valence-corrected chi connectivity index (χ4v) is 2.68. The third-order valence-electron chi connectivity index (χ3n) is 3.34. The van der Waals surface area contributed by atoms with Crippen LogP contribution < -0.4 is 5.30 Å². The number of rotatable bonds is 9. The molecule has 0 aliphatic rings. The van der Waals surface area contributed by atoms with E-state index >= 15 is 0 Å². The molecule has 1 rings (SSSR count). The minimum Gasteiger partial charge on any atom is -0.321 e. The Morgan fingerprint density at radius 3 is 1.90 bits per heavy atom. The van der Waals surface area contributed by atoms with Crippen LogP contribution in [0, 0.1) is 0 Å². The van der Waals surface area contributed by atoms with Crippen LogP contribution in [0.25, 0.3) is 0 Å². The van der Waals surface area contributed by atoms with Crippen LogP contribution >= 0.6 is 7.60 Å². The van der Waals surface area contributed by atoms with Crippen molar-refractivity contribution in [2.75, 3.05) is 0 Å². The third kappa shape index (κ3) is 8.25. The van der Waals surface area contributed by atoms with E-state index in [0.29, 0.717) is 0 Å². The Balaban J connectivity index is 0.00000361. The van der Waals surface area contributed by atoms with E-state index in [2.05, 4.69) is 6.92 Å². The maximum Gasteiger partial charge on any atom is 0.356 e. The van der Waals surface area contributed by atoms with Gasteiger partial charge < -0.3 is 9.79 Å². The van der Waals surface area contributed by atoms with Gasteiger partial charge in [0.2, 0.25) is 0 Å². The summed E-state index contributed by atoms with van der Waals surface area (Å²) in [4.78, 5) is 18.0. The van der Waals surface area contributed by atoms with Crippen LogP contribution in [0.1, 0.15) is 57.4 Å². The van der Waals surface area contributed by atoms with Crippen LogP contribution in [0.2, 0.25) is 0 Å². The molecular formula is C15H25CrO3P. The molecule has 0 radical (unpaired) electrons. The van der Waals surface area contributed by atoms with E-state index in [4.69, 9.17) is 9.79 Å². The predicted octanol–water partition coefficient (Wildman–Crippen LogP) is 3.78. The zero-order valence-corrected chi connectivity index (χ0v) is 14.3. The van der Waals surface area contributed by atoms with E-state index in [0.717, 1.165) is 18.4 Å². The summed E-state index contributed by atoms with van der Waals surface area (Å²) in [6, 6.07) is 6.73. The first kappa shape index (κ1) is 19.9. The maximum absolute atomic E-state index is 11.0. The molecule has 1 aromatic rings. The summed E-state index contributed by atoms with van der Waals surface area (Å²) < 4.78 is 11.0.